The molecule has 0 aromatic heterocycles. The summed E-state index contributed by atoms with van der Waals surface area (Å²) in [5, 5.41) is 0. The molecule has 2 rings (SSSR count). The van der Waals surface area contributed by atoms with E-state index >= 15 is 0 Å². The first-order chi connectivity index (χ1) is 9.93. The molecule has 2 atom stereocenters. The monoisotopic (exact) mass is 290 g/mol. The lowest BCUT2D eigenvalue weighted by atomic mass is 10.0. The standard InChI is InChI=1S/C16H22N2O3/c1-4-21-14-6-5-12(11(3)17)8-13(14)9-18-15(19)7-10(2)16(18)20/h5-6,8,10-11H,4,7,9,17H2,1-3H3. The Bertz CT molecular complexity index is 554. The van der Waals surface area contributed by atoms with Crippen LogP contribution in [0.15, 0.2) is 18.2 Å². The molecule has 1 aromatic rings. The van der Waals surface area contributed by atoms with Crippen LogP contribution in [0.3, 0.4) is 0 Å². The third-order valence-corrected chi connectivity index (χ3v) is 3.71. The molecular formula is C16H22N2O3. The molecule has 1 fully saturated rings. The van der Waals surface area contributed by atoms with Gasteiger partial charge in [-0.2, -0.15) is 0 Å². The molecule has 0 radical (unpaired) electrons. The molecule has 1 aliphatic rings. The minimum Gasteiger partial charge on any atom is -0.494 e. The molecule has 114 valence electrons. The summed E-state index contributed by atoms with van der Waals surface area (Å²) in [4.78, 5) is 25.3. The molecule has 0 saturated carbocycles. The van der Waals surface area contributed by atoms with Gasteiger partial charge in [-0.25, -0.2) is 0 Å². The molecule has 0 bridgehead atoms. The van der Waals surface area contributed by atoms with Crippen molar-refractivity contribution in [1.29, 1.82) is 0 Å². The van der Waals surface area contributed by atoms with Crippen molar-refractivity contribution >= 4 is 11.8 Å². The van der Waals surface area contributed by atoms with Gasteiger partial charge in [0.05, 0.1) is 13.2 Å². The minimum atomic E-state index is -0.232. The number of ether oxygens (including phenoxy) is 1. The zero-order valence-corrected chi connectivity index (χ0v) is 12.8. The topological polar surface area (TPSA) is 72.6 Å². The van der Waals surface area contributed by atoms with E-state index < -0.39 is 0 Å². The largest absolute Gasteiger partial charge is 0.494 e. The van der Waals surface area contributed by atoms with E-state index in [2.05, 4.69) is 0 Å². The van der Waals surface area contributed by atoms with Gasteiger partial charge in [0.2, 0.25) is 11.8 Å². The number of carbonyl (C=O) groups excluding carboxylic acids is 2. The fourth-order valence-electron chi connectivity index (χ4n) is 2.49. The predicted octanol–water partition coefficient (Wildman–Crippen LogP) is 2.00. The number of benzene rings is 1. The third kappa shape index (κ3) is 3.24. The van der Waals surface area contributed by atoms with Crippen LogP contribution in [0.1, 0.15) is 44.4 Å². The van der Waals surface area contributed by atoms with Gasteiger partial charge in [-0.05, 0) is 31.5 Å². The highest BCUT2D eigenvalue weighted by Crippen LogP contribution is 2.27. The van der Waals surface area contributed by atoms with E-state index in [4.69, 9.17) is 10.5 Å². The fraction of sp³-hybridized carbons (Fsp3) is 0.500. The Morgan fingerprint density at radius 2 is 2.14 bits per heavy atom. The second-order valence-electron chi connectivity index (χ2n) is 5.51. The lowest BCUT2D eigenvalue weighted by Crippen LogP contribution is -2.30. The quantitative estimate of drug-likeness (QED) is 0.842. The second-order valence-corrected chi connectivity index (χ2v) is 5.51. The maximum absolute atomic E-state index is 12.0. The number of rotatable bonds is 5. The Balaban J connectivity index is 2.30. The number of carbonyl (C=O) groups is 2. The number of hydrogen-bond acceptors (Lipinski definition) is 4. The molecule has 0 spiro atoms. The molecule has 1 saturated heterocycles. The van der Waals surface area contributed by atoms with E-state index in [1.807, 2.05) is 32.0 Å². The maximum Gasteiger partial charge on any atom is 0.232 e. The number of amides is 2. The van der Waals surface area contributed by atoms with Gasteiger partial charge in [0.25, 0.3) is 0 Å². The fourth-order valence-corrected chi connectivity index (χ4v) is 2.49. The van der Waals surface area contributed by atoms with Gasteiger partial charge in [-0.1, -0.05) is 13.0 Å². The summed E-state index contributed by atoms with van der Waals surface area (Å²) in [7, 11) is 0. The van der Waals surface area contributed by atoms with Crippen LogP contribution in [0.5, 0.6) is 5.75 Å². The SMILES string of the molecule is CCOc1ccc(C(C)N)cc1CN1C(=O)CC(C)C1=O. The Morgan fingerprint density at radius 3 is 2.67 bits per heavy atom. The highest BCUT2D eigenvalue weighted by molar-refractivity contribution is 6.03. The summed E-state index contributed by atoms with van der Waals surface area (Å²) < 4.78 is 5.59. The highest BCUT2D eigenvalue weighted by atomic mass is 16.5. The molecule has 1 aliphatic heterocycles. The number of likely N-dealkylation sites (tertiary alicyclic amines) is 1. The van der Waals surface area contributed by atoms with Crippen LogP contribution < -0.4 is 10.5 Å². The van der Waals surface area contributed by atoms with Gasteiger partial charge < -0.3 is 10.5 Å². The van der Waals surface area contributed by atoms with Gasteiger partial charge in [-0.3, -0.25) is 14.5 Å². The lowest BCUT2D eigenvalue weighted by molar-refractivity contribution is -0.139. The van der Waals surface area contributed by atoms with E-state index in [0.717, 1.165) is 11.1 Å². The summed E-state index contributed by atoms with van der Waals surface area (Å²) in [5.41, 5.74) is 7.68. The number of hydrogen-bond donors (Lipinski definition) is 1. The first-order valence-corrected chi connectivity index (χ1v) is 7.29. The average molecular weight is 290 g/mol. The van der Waals surface area contributed by atoms with Crippen molar-refractivity contribution in [2.45, 2.75) is 39.8 Å². The molecule has 5 heteroatoms. The van der Waals surface area contributed by atoms with Crippen LogP contribution in [-0.2, 0) is 16.1 Å². The number of nitrogens with zero attached hydrogens (tertiary/aromatic N) is 1. The van der Waals surface area contributed by atoms with E-state index in [0.29, 0.717) is 12.4 Å². The predicted molar refractivity (Wildman–Crippen MR) is 79.6 cm³/mol. The molecule has 2 amide bonds. The van der Waals surface area contributed by atoms with Gasteiger partial charge in [0, 0.05) is 23.9 Å². The zero-order chi connectivity index (χ0) is 15.6. The normalized spacial score (nSPS) is 20.0. The van der Waals surface area contributed by atoms with E-state index in [9.17, 15) is 9.59 Å². The second kappa shape index (κ2) is 6.26. The van der Waals surface area contributed by atoms with Crippen LogP contribution in [-0.4, -0.2) is 23.3 Å². The third-order valence-electron chi connectivity index (χ3n) is 3.71. The summed E-state index contributed by atoms with van der Waals surface area (Å²) in [5.74, 6) is 0.224. The van der Waals surface area contributed by atoms with Crippen LogP contribution >= 0.6 is 0 Å². The Kier molecular flexibility index (Phi) is 4.63. The molecule has 0 aliphatic carbocycles. The number of nitrogens with two attached hydrogens (primary N) is 1. The molecule has 21 heavy (non-hydrogen) atoms. The average Bonchev–Trinajstić information content (AvgIpc) is 2.67. The molecule has 2 N–H and O–H groups in total. The van der Waals surface area contributed by atoms with E-state index in [1.54, 1.807) is 6.92 Å². The zero-order valence-electron chi connectivity index (χ0n) is 12.8. The Hall–Kier alpha value is -1.88. The summed E-state index contributed by atoms with van der Waals surface area (Å²) in [6.07, 6.45) is 0.287. The van der Waals surface area contributed by atoms with Gasteiger partial charge in [-0.15, -0.1) is 0 Å². The van der Waals surface area contributed by atoms with E-state index in [1.165, 1.54) is 4.90 Å². The van der Waals surface area contributed by atoms with Crippen LogP contribution in [0.2, 0.25) is 0 Å². The molecule has 1 aromatic carbocycles. The van der Waals surface area contributed by atoms with Crippen LogP contribution in [0.4, 0.5) is 0 Å². The molecule has 2 unspecified atom stereocenters. The van der Waals surface area contributed by atoms with Gasteiger partial charge >= 0.3 is 0 Å². The van der Waals surface area contributed by atoms with Crippen LogP contribution in [0, 0.1) is 5.92 Å². The molecular weight excluding hydrogens is 268 g/mol. The molecule has 1 heterocycles. The van der Waals surface area contributed by atoms with Crippen molar-refractivity contribution < 1.29 is 14.3 Å². The number of imide groups is 1. The van der Waals surface area contributed by atoms with Crippen molar-refractivity contribution in [3.63, 3.8) is 0 Å². The summed E-state index contributed by atoms with van der Waals surface area (Å²) in [6, 6.07) is 5.57. The van der Waals surface area contributed by atoms with Crippen molar-refractivity contribution in [2.75, 3.05) is 6.61 Å². The Labute approximate surface area is 125 Å². The first-order valence-electron chi connectivity index (χ1n) is 7.29. The van der Waals surface area contributed by atoms with E-state index in [-0.39, 0.29) is 36.7 Å². The summed E-state index contributed by atoms with van der Waals surface area (Å²) in [6.45, 7) is 6.36. The summed E-state index contributed by atoms with van der Waals surface area (Å²) >= 11 is 0. The highest BCUT2D eigenvalue weighted by Gasteiger charge is 2.35. The smallest absolute Gasteiger partial charge is 0.232 e. The van der Waals surface area contributed by atoms with Crippen molar-refractivity contribution in [3.05, 3.63) is 29.3 Å². The van der Waals surface area contributed by atoms with Crippen molar-refractivity contribution in [1.82, 2.24) is 4.90 Å². The van der Waals surface area contributed by atoms with Crippen LogP contribution in [0.25, 0.3) is 0 Å². The lowest BCUT2D eigenvalue weighted by Gasteiger charge is -2.19. The van der Waals surface area contributed by atoms with Gasteiger partial charge in [0.15, 0.2) is 0 Å². The van der Waals surface area contributed by atoms with Gasteiger partial charge in [0.1, 0.15) is 5.75 Å². The van der Waals surface area contributed by atoms with Crippen molar-refractivity contribution in [3.8, 4) is 5.75 Å². The first kappa shape index (κ1) is 15.5. The van der Waals surface area contributed by atoms with Crippen molar-refractivity contribution in [2.24, 2.45) is 11.7 Å². The Morgan fingerprint density at radius 1 is 1.43 bits per heavy atom. The maximum atomic E-state index is 12.0. The molecule has 5 nitrogen and oxygen atoms in total. The minimum absolute atomic E-state index is 0.108.